The summed E-state index contributed by atoms with van der Waals surface area (Å²) in [4.78, 5) is 17.0. The topological polar surface area (TPSA) is 69.1 Å². The van der Waals surface area contributed by atoms with Crippen LogP contribution in [0.3, 0.4) is 0 Å². The van der Waals surface area contributed by atoms with Crippen LogP contribution in [-0.2, 0) is 10.2 Å². The Morgan fingerprint density at radius 2 is 2.09 bits per heavy atom. The van der Waals surface area contributed by atoms with Crippen molar-refractivity contribution in [1.82, 2.24) is 4.90 Å². The van der Waals surface area contributed by atoms with Crippen LogP contribution in [0.15, 0.2) is 29.4 Å². The zero-order valence-electron chi connectivity index (χ0n) is 12.4. The molecule has 22 heavy (non-hydrogen) atoms. The van der Waals surface area contributed by atoms with E-state index in [9.17, 15) is 4.79 Å². The van der Waals surface area contributed by atoms with Crippen molar-refractivity contribution in [2.75, 3.05) is 19.6 Å². The molecule has 3 rings (SSSR count). The molecular formula is C16H19ClN4O. The van der Waals surface area contributed by atoms with E-state index in [4.69, 9.17) is 17.1 Å². The monoisotopic (exact) mass is 318 g/mol. The van der Waals surface area contributed by atoms with Gasteiger partial charge >= 0.3 is 0 Å². The lowest BCUT2D eigenvalue weighted by Gasteiger charge is -2.45. The van der Waals surface area contributed by atoms with Crippen molar-refractivity contribution in [1.29, 1.82) is 0 Å². The van der Waals surface area contributed by atoms with Gasteiger partial charge in [-0.2, -0.15) is 0 Å². The lowest BCUT2D eigenvalue weighted by atomic mass is 9.64. The van der Waals surface area contributed by atoms with Crippen molar-refractivity contribution in [2.24, 2.45) is 11.0 Å². The van der Waals surface area contributed by atoms with Crippen LogP contribution in [0.25, 0.3) is 10.4 Å². The highest BCUT2D eigenvalue weighted by Gasteiger charge is 2.43. The molecule has 1 atom stereocenters. The van der Waals surface area contributed by atoms with Gasteiger partial charge in [-0.3, -0.25) is 4.79 Å². The minimum atomic E-state index is 0.0770. The molecule has 1 saturated heterocycles. The van der Waals surface area contributed by atoms with E-state index in [0.717, 1.165) is 24.4 Å². The van der Waals surface area contributed by atoms with Gasteiger partial charge in [0, 0.05) is 41.4 Å². The van der Waals surface area contributed by atoms with Gasteiger partial charge in [0.1, 0.15) is 0 Å². The van der Waals surface area contributed by atoms with E-state index in [1.54, 1.807) is 0 Å². The van der Waals surface area contributed by atoms with E-state index in [0.29, 0.717) is 19.5 Å². The molecule has 1 unspecified atom stereocenters. The summed E-state index contributed by atoms with van der Waals surface area (Å²) in [5.41, 5.74) is 9.76. The average molecular weight is 319 g/mol. The van der Waals surface area contributed by atoms with Crippen LogP contribution in [-0.4, -0.2) is 30.4 Å². The third kappa shape index (κ3) is 2.92. The summed E-state index contributed by atoms with van der Waals surface area (Å²) < 4.78 is 0. The number of nitrogens with zero attached hydrogens (tertiary/aromatic N) is 4. The molecule has 1 saturated carbocycles. The molecule has 5 nitrogen and oxygen atoms in total. The molecule has 1 aliphatic carbocycles. The van der Waals surface area contributed by atoms with Gasteiger partial charge in [0.05, 0.1) is 0 Å². The van der Waals surface area contributed by atoms with Crippen LogP contribution in [0, 0.1) is 5.92 Å². The van der Waals surface area contributed by atoms with Gasteiger partial charge in [-0.05, 0) is 42.0 Å². The first-order valence-electron chi connectivity index (χ1n) is 7.68. The molecule has 1 heterocycles. The van der Waals surface area contributed by atoms with Crippen molar-refractivity contribution < 1.29 is 4.79 Å². The third-order valence-corrected chi connectivity index (χ3v) is 5.21. The molecule has 0 radical (unpaired) electrons. The number of carbonyl (C=O) groups is 1. The molecular weight excluding hydrogens is 300 g/mol. The first-order valence-corrected chi connectivity index (χ1v) is 8.05. The van der Waals surface area contributed by atoms with Crippen LogP contribution in [0.5, 0.6) is 0 Å². The maximum Gasteiger partial charge on any atom is 0.222 e. The first kappa shape index (κ1) is 15.2. The molecule has 1 aromatic rings. The summed E-state index contributed by atoms with van der Waals surface area (Å²) in [5.74, 6) is 0.337. The molecule has 6 heteroatoms. The SMILES string of the molecule is [N-]=[N+]=NCC1CC(=O)N(CC2(c3ccc(Cl)cc3)CCC2)C1. The van der Waals surface area contributed by atoms with Gasteiger partial charge in [-0.15, -0.1) is 0 Å². The van der Waals surface area contributed by atoms with Crippen molar-refractivity contribution in [3.8, 4) is 0 Å². The standard InChI is InChI=1S/C16H19ClN4O/c17-14-4-2-13(3-5-14)16(6-1-7-16)11-21-10-12(8-15(21)22)9-19-20-18/h2-5,12H,1,6-11H2. The molecule has 2 fully saturated rings. The van der Waals surface area contributed by atoms with Gasteiger partial charge in [0.15, 0.2) is 0 Å². The van der Waals surface area contributed by atoms with Crippen LogP contribution in [0.4, 0.5) is 0 Å². The van der Waals surface area contributed by atoms with Crippen LogP contribution in [0.1, 0.15) is 31.2 Å². The molecule has 0 N–H and O–H groups in total. The highest BCUT2D eigenvalue weighted by atomic mass is 35.5. The minimum Gasteiger partial charge on any atom is -0.342 e. The fourth-order valence-electron chi connectivity index (χ4n) is 3.59. The average Bonchev–Trinajstić information content (AvgIpc) is 2.82. The van der Waals surface area contributed by atoms with E-state index in [2.05, 4.69) is 22.2 Å². The third-order valence-electron chi connectivity index (χ3n) is 4.96. The summed E-state index contributed by atoms with van der Waals surface area (Å²) in [6, 6.07) is 8.01. The highest BCUT2D eigenvalue weighted by molar-refractivity contribution is 6.30. The Labute approximate surface area is 134 Å². The molecule has 1 amide bonds. The smallest absolute Gasteiger partial charge is 0.222 e. The molecule has 1 aromatic carbocycles. The predicted molar refractivity (Wildman–Crippen MR) is 85.7 cm³/mol. The number of hydrogen-bond donors (Lipinski definition) is 0. The summed E-state index contributed by atoms with van der Waals surface area (Å²) in [7, 11) is 0. The van der Waals surface area contributed by atoms with Gasteiger partial charge in [-0.25, -0.2) is 0 Å². The number of rotatable bonds is 5. The van der Waals surface area contributed by atoms with Gasteiger partial charge in [-0.1, -0.05) is 35.3 Å². The van der Waals surface area contributed by atoms with E-state index in [1.807, 2.05) is 17.0 Å². The second-order valence-electron chi connectivity index (χ2n) is 6.40. The first-order chi connectivity index (χ1) is 10.6. The largest absolute Gasteiger partial charge is 0.342 e. The maximum absolute atomic E-state index is 12.2. The summed E-state index contributed by atoms with van der Waals surface area (Å²) >= 11 is 5.98. The Morgan fingerprint density at radius 3 is 2.68 bits per heavy atom. The molecule has 0 bridgehead atoms. The Kier molecular flexibility index (Phi) is 4.27. The number of likely N-dealkylation sites (tertiary alicyclic amines) is 1. The zero-order chi connectivity index (χ0) is 15.6. The summed E-state index contributed by atoms with van der Waals surface area (Å²) in [6.07, 6.45) is 3.92. The summed E-state index contributed by atoms with van der Waals surface area (Å²) in [6.45, 7) is 1.88. The van der Waals surface area contributed by atoms with Crippen LogP contribution in [0.2, 0.25) is 5.02 Å². The number of carbonyl (C=O) groups excluding carboxylic acids is 1. The van der Waals surface area contributed by atoms with Crippen LogP contribution >= 0.6 is 11.6 Å². The molecule has 1 aliphatic heterocycles. The van der Waals surface area contributed by atoms with Crippen molar-refractivity contribution in [3.05, 3.63) is 45.3 Å². The van der Waals surface area contributed by atoms with E-state index in [1.165, 1.54) is 12.0 Å². The number of halogens is 1. The normalized spacial score (nSPS) is 23.0. The highest BCUT2D eigenvalue weighted by Crippen LogP contribution is 2.45. The molecule has 116 valence electrons. The minimum absolute atomic E-state index is 0.0770. The van der Waals surface area contributed by atoms with E-state index >= 15 is 0 Å². The Morgan fingerprint density at radius 1 is 1.36 bits per heavy atom. The molecule has 0 spiro atoms. The summed E-state index contributed by atoms with van der Waals surface area (Å²) in [5, 5.41) is 4.35. The Hall–Kier alpha value is -1.71. The Bertz CT molecular complexity index is 605. The fraction of sp³-hybridized carbons (Fsp3) is 0.562. The number of amides is 1. The van der Waals surface area contributed by atoms with Crippen LogP contribution < -0.4 is 0 Å². The second kappa shape index (κ2) is 6.19. The Balaban J connectivity index is 1.71. The van der Waals surface area contributed by atoms with Gasteiger partial charge in [0.2, 0.25) is 5.91 Å². The maximum atomic E-state index is 12.2. The molecule has 0 aromatic heterocycles. The van der Waals surface area contributed by atoms with E-state index < -0.39 is 0 Å². The number of benzene rings is 1. The van der Waals surface area contributed by atoms with Gasteiger partial charge < -0.3 is 4.90 Å². The van der Waals surface area contributed by atoms with Crippen molar-refractivity contribution in [3.63, 3.8) is 0 Å². The zero-order valence-corrected chi connectivity index (χ0v) is 13.2. The lowest BCUT2D eigenvalue weighted by molar-refractivity contribution is -0.129. The van der Waals surface area contributed by atoms with Crippen molar-refractivity contribution in [2.45, 2.75) is 31.1 Å². The fourth-order valence-corrected chi connectivity index (χ4v) is 3.72. The second-order valence-corrected chi connectivity index (χ2v) is 6.84. The molecule has 2 aliphatic rings. The number of hydrogen-bond acceptors (Lipinski definition) is 2. The predicted octanol–water partition coefficient (Wildman–Crippen LogP) is 3.92. The van der Waals surface area contributed by atoms with E-state index in [-0.39, 0.29) is 17.2 Å². The lowest BCUT2D eigenvalue weighted by Crippen LogP contribution is -2.46. The quantitative estimate of drug-likeness (QED) is 0.461. The van der Waals surface area contributed by atoms with Crippen molar-refractivity contribution >= 4 is 17.5 Å². The number of azide groups is 1. The van der Waals surface area contributed by atoms with Gasteiger partial charge in [0.25, 0.3) is 0 Å².